The van der Waals surface area contributed by atoms with Gasteiger partial charge in [-0.2, -0.15) is 10.4 Å². The van der Waals surface area contributed by atoms with E-state index in [-0.39, 0.29) is 11.1 Å². The van der Waals surface area contributed by atoms with Crippen molar-refractivity contribution in [3.8, 4) is 6.07 Å². The molecule has 0 bridgehead atoms. The quantitative estimate of drug-likeness (QED) is 0.800. The molecule has 3 aromatic rings. The van der Waals surface area contributed by atoms with E-state index >= 15 is 0 Å². The molecule has 0 radical (unpaired) electrons. The molecule has 6 nitrogen and oxygen atoms in total. The third kappa shape index (κ3) is 2.79. The second-order valence-electron chi connectivity index (χ2n) is 5.10. The lowest BCUT2D eigenvalue weighted by Gasteiger charge is -2.12. The number of benzene rings is 1. The van der Waals surface area contributed by atoms with Crippen LogP contribution in [0.2, 0.25) is 0 Å². The second kappa shape index (κ2) is 6.04. The Kier molecular flexibility index (Phi) is 3.92. The molecule has 0 aliphatic rings. The summed E-state index contributed by atoms with van der Waals surface area (Å²) in [6.45, 7) is 1.76. The molecular formula is C16H11F2N5O. The highest BCUT2D eigenvalue weighted by atomic mass is 19.1. The summed E-state index contributed by atoms with van der Waals surface area (Å²) in [4.78, 5) is 16.6. The van der Waals surface area contributed by atoms with E-state index in [9.17, 15) is 18.8 Å². The Morgan fingerprint density at radius 3 is 2.88 bits per heavy atom. The zero-order valence-electron chi connectivity index (χ0n) is 12.5. The smallest absolute Gasteiger partial charge is 0.258 e. The van der Waals surface area contributed by atoms with Crippen LogP contribution in [0.5, 0.6) is 0 Å². The van der Waals surface area contributed by atoms with Crippen LogP contribution in [0, 0.1) is 29.9 Å². The van der Waals surface area contributed by atoms with Gasteiger partial charge < -0.3 is 5.32 Å². The molecular weight excluding hydrogens is 316 g/mol. The maximum atomic E-state index is 13.8. The molecule has 0 spiro atoms. The van der Waals surface area contributed by atoms with E-state index in [0.29, 0.717) is 17.4 Å². The van der Waals surface area contributed by atoms with Crippen LogP contribution in [0.1, 0.15) is 27.7 Å². The van der Waals surface area contributed by atoms with E-state index in [2.05, 4.69) is 15.4 Å². The topological polar surface area (TPSA) is 83.1 Å². The largest absolute Gasteiger partial charge is 0.332 e. The first kappa shape index (κ1) is 15.6. The molecule has 1 unspecified atom stereocenters. The summed E-state index contributed by atoms with van der Waals surface area (Å²) in [5.74, 6) is -2.30. The van der Waals surface area contributed by atoms with Crippen LogP contribution < -0.4 is 5.32 Å². The molecule has 1 N–H and O–H groups in total. The van der Waals surface area contributed by atoms with Gasteiger partial charge in [0.15, 0.2) is 5.65 Å². The fraction of sp³-hybridized carbons (Fsp3) is 0.125. The van der Waals surface area contributed by atoms with Gasteiger partial charge in [-0.1, -0.05) is 6.07 Å². The summed E-state index contributed by atoms with van der Waals surface area (Å²) in [5, 5.41) is 15.6. The first-order valence-corrected chi connectivity index (χ1v) is 6.96. The molecule has 0 aliphatic heterocycles. The van der Waals surface area contributed by atoms with E-state index in [1.165, 1.54) is 10.7 Å². The number of fused-ring (bicyclic) bond motifs is 1. The summed E-state index contributed by atoms with van der Waals surface area (Å²) in [6, 6.07) is 5.06. The second-order valence-corrected chi connectivity index (χ2v) is 5.10. The molecule has 1 amide bonds. The Morgan fingerprint density at radius 1 is 1.38 bits per heavy atom. The summed E-state index contributed by atoms with van der Waals surface area (Å²) >= 11 is 0. The van der Waals surface area contributed by atoms with Crippen LogP contribution in [0.4, 0.5) is 8.78 Å². The van der Waals surface area contributed by atoms with E-state index in [4.69, 9.17) is 0 Å². The van der Waals surface area contributed by atoms with Crippen LogP contribution in [-0.2, 0) is 0 Å². The first-order chi connectivity index (χ1) is 11.5. The molecule has 0 fully saturated rings. The van der Waals surface area contributed by atoms with Gasteiger partial charge in [0.25, 0.3) is 5.91 Å². The fourth-order valence-corrected chi connectivity index (χ4v) is 2.24. The van der Waals surface area contributed by atoms with Crippen molar-refractivity contribution in [3.63, 3.8) is 0 Å². The van der Waals surface area contributed by atoms with Crippen molar-refractivity contribution in [2.45, 2.75) is 13.0 Å². The third-order valence-corrected chi connectivity index (χ3v) is 3.43. The van der Waals surface area contributed by atoms with Gasteiger partial charge in [0, 0.05) is 23.5 Å². The monoisotopic (exact) mass is 327 g/mol. The molecule has 0 saturated heterocycles. The number of carbonyl (C=O) groups is 1. The van der Waals surface area contributed by atoms with Crippen LogP contribution in [0.25, 0.3) is 5.65 Å². The lowest BCUT2D eigenvalue weighted by molar-refractivity contribution is 0.0946. The molecule has 120 valence electrons. The lowest BCUT2D eigenvalue weighted by Crippen LogP contribution is -2.28. The average molecular weight is 327 g/mol. The lowest BCUT2D eigenvalue weighted by atomic mass is 10.1. The molecule has 2 aromatic heterocycles. The number of hydrogen-bond acceptors (Lipinski definition) is 4. The van der Waals surface area contributed by atoms with Crippen molar-refractivity contribution in [1.82, 2.24) is 19.9 Å². The first-order valence-electron chi connectivity index (χ1n) is 6.96. The number of nitriles is 1. The number of amides is 1. The Morgan fingerprint density at radius 2 is 2.17 bits per heavy atom. The van der Waals surface area contributed by atoms with Crippen molar-refractivity contribution in [2.24, 2.45) is 0 Å². The maximum absolute atomic E-state index is 13.8. The zero-order chi connectivity index (χ0) is 17.3. The van der Waals surface area contributed by atoms with Gasteiger partial charge >= 0.3 is 0 Å². The summed E-state index contributed by atoms with van der Waals surface area (Å²) in [6.07, 6.45) is 2.96. The number of carbonyl (C=O) groups excluding carboxylic acids is 1. The highest BCUT2D eigenvalue weighted by Gasteiger charge is 2.21. The zero-order valence-corrected chi connectivity index (χ0v) is 12.5. The minimum absolute atomic E-state index is 0.118. The number of nitrogens with zero attached hydrogens (tertiary/aromatic N) is 4. The average Bonchev–Trinajstić information content (AvgIpc) is 2.96. The van der Waals surface area contributed by atoms with Gasteiger partial charge in [0.1, 0.15) is 23.2 Å². The van der Waals surface area contributed by atoms with Crippen molar-refractivity contribution in [2.75, 3.05) is 0 Å². The maximum Gasteiger partial charge on any atom is 0.258 e. The van der Waals surface area contributed by atoms with Crippen molar-refractivity contribution in [1.29, 1.82) is 5.26 Å². The fourth-order valence-electron chi connectivity index (χ4n) is 2.24. The summed E-state index contributed by atoms with van der Waals surface area (Å²) < 4.78 is 28.2. The van der Waals surface area contributed by atoms with Crippen LogP contribution >= 0.6 is 0 Å². The Bertz CT molecular complexity index is 976. The minimum Gasteiger partial charge on any atom is -0.332 e. The van der Waals surface area contributed by atoms with Gasteiger partial charge in [0.05, 0.1) is 12.3 Å². The van der Waals surface area contributed by atoms with E-state index in [1.807, 2.05) is 0 Å². The third-order valence-electron chi connectivity index (χ3n) is 3.43. The van der Waals surface area contributed by atoms with Gasteiger partial charge in [-0.3, -0.25) is 4.79 Å². The number of rotatable bonds is 3. The molecule has 0 saturated carbocycles. The molecule has 1 atom stereocenters. The van der Waals surface area contributed by atoms with Crippen molar-refractivity contribution < 1.29 is 13.6 Å². The van der Waals surface area contributed by atoms with Crippen LogP contribution in [0.3, 0.4) is 0 Å². The molecule has 24 heavy (non-hydrogen) atoms. The highest BCUT2D eigenvalue weighted by molar-refractivity contribution is 6.00. The van der Waals surface area contributed by atoms with Gasteiger partial charge in [-0.05, 0) is 19.1 Å². The van der Waals surface area contributed by atoms with Crippen LogP contribution in [-0.4, -0.2) is 20.5 Å². The molecule has 1 aromatic carbocycles. The Labute approximate surface area is 135 Å². The Hall–Kier alpha value is -3.34. The van der Waals surface area contributed by atoms with Crippen molar-refractivity contribution in [3.05, 3.63) is 65.1 Å². The van der Waals surface area contributed by atoms with Gasteiger partial charge in [0.2, 0.25) is 0 Å². The van der Waals surface area contributed by atoms with E-state index in [0.717, 1.165) is 12.1 Å². The number of hydrogen-bond donors (Lipinski definition) is 1. The normalized spacial score (nSPS) is 11.9. The van der Waals surface area contributed by atoms with Gasteiger partial charge in [-0.15, -0.1) is 0 Å². The predicted octanol–water partition coefficient (Wildman–Crippen LogP) is 2.31. The number of nitrogens with one attached hydrogen (secondary N) is 1. The number of aryl methyl sites for hydroxylation is 1. The molecule has 8 heteroatoms. The van der Waals surface area contributed by atoms with Gasteiger partial charge in [-0.25, -0.2) is 18.3 Å². The predicted molar refractivity (Wildman–Crippen MR) is 79.9 cm³/mol. The minimum atomic E-state index is -1.27. The standard InChI is InChI=1S/C16H11F2N5O/c1-9-4-5-23-15(21-9)12(8-20-23)16(24)22-14(7-19)11-3-2-10(17)6-13(11)18/h2-6,8,14H,1H3,(H,22,24). The molecule has 2 heterocycles. The van der Waals surface area contributed by atoms with E-state index in [1.54, 1.807) is 25.3 Å². The SMILES string of the molecule is Cc1ccn2ncc(C(=O)NC(C#N)c3ccc(F)cc3F)c2n1. The Balaban J connectivity index is 1.92. The number of aromatic nitrogens is 3. The van der Waals surface area contributed by atoms with Crippen molar-refractivity contribution >= 4 is 11.6 Å². The highest BCUT2D eigenvalue weighted by Crippen LogP contribution is 2.19. The van der Waals surface area contributed by atoms with E-state index < -0.39 is 23.6 Å². The van der Waals surface area contributed by atoms with Crippen LogP contribution in [0.15, 0.2) is 36.7 Å². The molecule has 0 aliphatic carbocycles. The molecule has 3 rings (SSSR count). The summed E-state index contributed by atoms with van der Waals surface area (Å²) in [5.41, 5.74) is 1.05. The summed E-state index contributed by atoms with van der Waals surface area (Å²) in [7, 11) is 0. The number of halogens is 2.